The zero-order chi connectivity index (χ0) is 13.8. The Morgan fingerprint density at radius 1 is 0.895 bits per heavy atom. The minimum atomic E-state index is 0.902. The molecule has 0 spiro atoms. The lowest BCUT2D eigenvalue weighted by atomic mass is 10.1. The van der Waals surface area contributed by atoms with Crippen LogP contribution in [-0.4, -0.2) is 11.5 Å². The van der Waals surface area contributed by atoms with Crippen LogP contribution in [0.2, 0.25) is 5.02 Å². The Morgan fingerprint density at radius 2 is 1.53 bits per heavy atom. The van der Waals surface area contributed by atoms with E-state index in [9.17, 15) is 0 Å². The van der Waals surface area contributed by atoms with Crippen LogP contribution >= 0.6 is 36.0 Å². The average molecular weight is 317 g/mol. The number of hydrogen-bond donors (Lipinski definition) is 1. The largest absolute Gasteiger partial charge is 0.179 e. The van der Waals surface area contributed by atoms with Gasteiger partial charge in [0, 0.05) is 10.8 Å². The number of halogens is 1. The summed E-state index contributed by atoms with van der Waals surface area (Å²) >= 11 is 12.4. The monoisotopic (exact) mass is 316 g/mol. The molecule has 0 aliphatic heterocycles. The first-order valence-electron chi connectivity index (χ1n) is 7.26. The third-order valence-electron chi connectivity index (χ3n) is 3.16. The Bertz CT molecular complexity index is 328. The summed E-state index contributed by atoms with van der Waals surface area (Å²) in [6, 6.07) is 8.15. The standard InChI is InChI=1S/C16H25ClS2/c17-16-11-7-6-10-15(16)14-19-13-9-5-3-1-2-4-8-12-18/h6-7,10-11,18H,1-5,8-9,12-14H2. The average Bonchev–Trinajstić information content (AvgIpc) is 2.43. The van der Waals surface area contributed by atoms with Crippen LogP contribution in [0, 0.1) is 0 Å². The van der Waals surface area contributed by atoms with Gasteiger partial charge in [0.15, 0.2) is 0 Å². The molecule has 0 bridgehead atoms. The summed E-state index contributed by atoms with van der Waals surface area (Å²) < 4.78 is 0. The van der Waals surface area contributed by atoms with E-state index in [0.717, 1.165) is 16.5 Å². The quantitative estimate of drug-likeness (QED) is 0.373. The maximum absolute atomic E-state index is 6.13. The van der Waals surface area contributed by atoms with Gasteiger partial charge in [-0.1, -0.05) is 61.9 Å². The molecule has 0 aromatic heterocycles. The highest BCUT2D eigenvalue weighted by Gasteiger charge is 1.98. The van der Waals surface area contributed by atoms with Crippen molar-refractivity contribution in [3.05, 3.63) is 34.9 Å². The molecule has 0 unspecified atom stereocenters. The Balaban J connectivity index is 1.90. The van der Waals surface area contributed by atoms with Gasteiger partial charge in [0.2, 0.25) is 0 Å². The molecule has 0 fully saturated rings. The summed E-state index contributed by atoms with van der Waals surface area (Å²) in [4.78, 5) is 0. The molecule has 0 N–H and O–H groups in total. The summed E-state index contributed by atoms with van der Waals surface area (Å²) in [6.45, 7) is 0. The predicted octanol–water partition coefficient (Wildman–Crippen LogP) is 6.23. The van der Waals surface area contributed by atoms with E-state index < -0.39 is 0 Å². The van der Waals surface area contributed by atoms with Crippen molar-refractivity contribution in [2.75, 3.05) is 11.5 Å². The van der Waals surface area contributed by atoms with Gasteiger partial charge in [0.1, 0.15) is 0 Å². The minimum absolute atomic E-state index is 0.902. The first kappa shape index (κ1) is 17.3. The van der Waals surface area contributed by atoms with E-state index in [1.807, 2.05) is 23.9 Å². The van der Waals surface area contributed by atoms with Crippen molar-refractivity contribution in [3.63, 3.8) is 0 Å². The van der Waals surface area contributed by atoms with Crippen molar-refractivity contribution in [2.45, 2.75) is 50.7 Å². The van der Waals surface area contributed by atoms with Gasteiger partial charge in [0.05, 0.1) is 0 Å². The van der Waals surface area contributed by atoms with Crippen LogP contribution in [-0.2, 0) is 5.75 Å². The van der Waals surface area contributed by atoms with Crippen molar-refractivity contribution in [2.24, 2.45) is 0 Å². The molecular formula is C16H25ClS2. The van der Waals surface area contributed by atoms with Gasteiger partial charge in [-0.25, -0.2) is 0 Å². The summed E-state index contributed by atoms with van der Waals surface area (Å²) in [5.74, 6) is 3.34. The molecule has 1 rings (SSSR count). The number of benzene rings is 1. The number of hydrogen-bond acceptors (Lipinski definition) is 2. The molecule has 3 heteroatoms. The van der Waals surface area contributed by atoms with Gasteiger partial charge in [0.25, 0.3) is 0 Å². The van der Waals surface area contributed by atoms with Crippen molar-refractivity contribution in [3.8, 4) is 0 Å². The van der Waals surface area contributed by atoms with E-state index in [-0.39, 0.29) is 0 Å². The molecule has 1 aromatic rings. The zero-order valence-electron chi connectivity index (χ0n) is 11.6. The van der Waals surface area contributed by atoms with Crippen LogP contribution in [0.25, 0.3) is 0 Å². The zero-order valence-corrected chi connectivity index (χ0v) is 14.1. The SMILES string of the molecule is SCCCCCCCCCSCc1ccccc1Cl. The predicted molar refractivity (Wildman–Crippen MR) is 93.8 cm³/mol. The van der Waals surface area contributed by atoms with Crippen molar-refractivity contribution >= 4 is 36.0 Å². The first-order chi connectivity index (χ1) is 9.34. The van der Waals surface area contributed by atoms with Gasteiger partial charge in [-0.15, -0.1) is 0 Å². The second-order valence-corrected chi connectivity index (χ2v) is 6.80. The molecule has 0 heterocycles. The van der Waals surface area contributed by atoms with E-state index >= 15 is 0 Å². The molecule has 0 atom stereocenters. The maximum atomic E-state index is 6.13. The molecule has 0 nitrogen and oxygen atoms in total. The molecule has 0 radical (unpaired) electrons. The normalized spacial score (nSPS) is 10.8. The molecule has 19 heavy (non-hydrogen) atoms. The summed E-state index contributed by atoms with van der Waals surface area (Å²) in [5, 5.41) is 0.902. The van der Waals surface area contributed by atoms with E-state index in [0.29, 0.717) is 0 Å². The summed E-state index contributed by atoms with van der Waals surface area (Å²) in [6.07, 6.45) is 9.50. The first-order valence-corrected chi connectivity index (χ1v) is 9.43. The highest BCUT2D eigenvalue weighted by atomic mass is 35.5. The van der Waals surface area contributed by atoms with Crippen molar-refractivity contribution in [1.29, 1.82) is 0 Å². The summed E-state index contributed by atoms with van der Waals surface area (Å²) in [7, 11) is 0. The van der Waals surface area contributed by atoms with Gasteiger partial charge in [-0.05, 0) is 36.0 Å². The molecule has 1 aromatic carbocycles. The molecular weight excluding hydrogens is 292 g/mol. The number of thioether (sulfide) groups is 1. The molecule has 108 valence electrons. The number of thiol groups is 1. The second-order valence-electron chi connectivity index (χ2n) is 4.84. The van der Waals surface area contributed by atoms with Crippen LogP contribution in [0.3, 0.4) is 0 Å². The van der Waals surface area contributed by atoms with Crippen LogP contribution in [0.4, 0.5) is 0 Å². The summed E-state index contributed by atoms with van der Waals surface area (Å²) in [5.41, 5.74) is 1.26. The maximum Gasteiger partial charge on any atom is 0.0446 e. The van der Waals surface area contributed by atoms with Crippen molar-refractivity contribution < 1.29 is 0 Å². The lowest BCUT2D eigenvalue weighted by Gasteiger charge is -2.04. The molecule has 0 amide bonds. The van der Waals surface area contributed by atoms with Crippen LogP contribution < -0.4 is 0 Å². The number of unbranched alkanes of at least 4 members (excludes halogenated alkanes) is 6. The Hall–Kier alpha value is 0.210. The highest BCUT2D eigenvalue weighted by molar-refractivity contribution is 7.98. The minimum Gasteiger partial charge on any atom is -0.179 e. The third-order valence-corrected chi connectivity index (χ3v) is 4.94. The van der Waals surface area contributed by atoms with Gasteiger partial charge in [-0.2, -0.15) is 24.4 Å². The van der Waals surface area contributed by atoms with Crippen LogP contribution in [0.1, 0.15) is 50.5 Å². The van der Waals surface area contributed by atoms with E-state index in [1.54, 1.807) is 0 Å². The fraction of sp³-hybridized carbons (Fsp3) is 0.625. The molecule has 0 saturated heterocycles. The Morgan fingerprint density at radius 3 is 2.21 bits per heavy atom. The van der Waals surface area contributed by atoms with Gasteiger partial charge in [-0.3, -0.25) is 0 Å². The van der Waals surface area contributed by atoms with E-state index in [4.69, 9.17) is 11.6 Å². The smallest absolute Gasteiger partial charge is 0.0446 e. The van der Waals surface area contributed by atoms with Crippen molar-refractivity contribution in [1.82, 2.24) is 0 Å². The molecule has 0 aliphatic carbocycles. The lowest BCUT2D eigenvalue weighted by Crippen LogP contribution is -1.86. The fourth-order valence-electron chi connectivity index (χ4n) is 2.00. The highest BCUT2D eigenvalue weighted by Crippen LogP contribution is 2.21. The lowest BCUT2D eigenvalue weighted by molar-refractivity contribution is 0.605. The van der Waals surface area contributed by atoms with Gasteiger partial charge >= 0.3 is 0 Å². The van der Waals surface area contributed by atoms with Crippen LogP contribution in [0.15, 0.2) is 24.3 Å². The van der Waals surface area contributed by atoms with Gasteiger partial charge < -0.3 is 0 Å². The fourth-order valence-corrected chi connectivity index (χ4v) is 3.53. The van der Waals surface area contributed by atoms with E-state index in [2.05, 4.69) is 24.8 Å². The molecule has 0 aliphatic rings. The Labute approximate surface area is 133 Å². The second kappa shape index (κ2) is 12.0. The van der Waals surface area contributed by atoms with E-state index in [1.165, 1.54) is 56.3 Å². The third kappa shape index (κ3) is 8.88. The number of rotatable bonds is 11. The van der Waals surface area contributed by atoms with Crippen LogP contribution in [0.5, 0.6) is 0 Å². The topological polar surface area (TPSA) is 0 Å². The molecule has 0 saturated carbocycles. The Kier molecular flexibility index (Phi) is 10.9.